The van der Waals surface area contributed by atoms with Gasteiger partial charge in [0.1, 0.15) is 0 Å². The summed E-state index contributed by atoms with van der Waals surface area (Å²) in [6, 6.07) is 0. The molecular formula is C13H14NO4-. The van der Waals surface area contributed by atoms with Crippen molar-refractivity contribution < 1.29 is 19.5 Å². The summed E-state index contributed by atoms with van der Waals surface area (Å²) in [5.41, 5.74) is 0. The van der Waals surface area contributed by atoms with Crippen LogP contribution in [0.1, 0.15) is 19.3 Å². The third-order valence-corrected chi connectivity index (χ3v) is 4.39. The maximum atomic E-state index is 12.2. The average molecular weight is 248 g/mol. The van der Waals surface area contributed by atoms with Gasteiger partial charge in [0.15, 0.2) is 0 Å². The van der Waals surface area contributed by atoms with E-state index in [0.29, 0.717) is 0 Å². The number of hydrogen-bond acceptors (Lipinski definition) is 4. The Morgan fingerprint density at radius 1 is 1.17 bits per heavy atom. The van der Waals surface area contributed by atoms with Crippen LogP contribution in [0.3, 0.4) is 0 Å². The lowest BCUT2D eigenvalue weighted by Gasteiger charge is -2.38. The Morgan fingerprint density at radius 3 is 2.06 bits per heavy atom. The normalized spacial score (nSPS) is 37.2. The lowest BCUT2D eigenvalue weighted by molar-refractivity contribution is -0.305. The second-order valence-electron chi connectivity index (χ2n) is 5.29. The first kappa shape index (κ1) is 11.4. The van der Waals surface area contributed by atoms with E-state index in [4.69, 9.17) is 0 Å². The number of amides is 2. The summed E-state index contributed by atoms with van der Waals surface area (Å²) in [5, 5.41) is 10.5. The van der Waals surface area contributed by atoms with E-state index < -0.39 is 5.97 Å². The predicted octanol–water partition coefficient (Wildman–Crippen LogP) is -0.676. The van der Waals surface area contributed by atoms with Gasteiger partial charge in [0.25, 0.3) is 0 Å². The molecule has 96 valence electrons. The zero-order chi connectivity index (χ0) is 12.9. The van der Waals surface area contributed by atoms with Crippen molar-refractivity contribution >= 4 is 17.8 Å². The Morgan fingerprint density at radius 2 is 1.67 bits per heavy atom. The monoisotopic (exact) mass is 248 g/mol. The minimum atomic E-state index is -1.23. The number of imide groups is 1. The summed E-state index contributed by atoms with van der Waals surface area (Å²) in [7, 11) is 0. The number of carbonyl (C=O) groups is 3. The van der Waals surface area contributed by atoms with Crippen molar-refractivity contribution in [2.45, 2.75) is 19.3 Å². The van der Waals surface area contributed by atoms with E-state index in [9.17, 15) is 19.5 Å². The minimum Gasteiger partial charge on any atom is -0.550 e. The van der Waals surface area contributed by atoms with E-state index in [1.165, 1.54) is 0 Å². The van der Waals surface area contributed by atoms with Crippen LogP contribution in [0, 0.1) is 23.7 Å². The number of carbonyl (C=O) groups excluding carboxylic acids is 3. The van der Waals surface area contributed by atoms with Gasteiger partial charge >= 0.3 is 0 Å². The number of carboxylic acid groups (broad SMARTS) is 1. The summed E-state index contributed by atoms with van der Waals surface area (Å²) in [6.45, 7) is -0.0492. The van der Waals surface area contributed by atoms with Crippen LogP contribution in [0.5, 0.6) is 0 Å². The number of nitrogens with zero attached hydrogens (tertiary/aromatic N) is 1. The van der Waals surface area contributed by atoms with E-state index in [0.717, 1.165) is 17.7 Å². The van der Waals surface area contributed by atoms with Gasteiger partial charge in [0.05, 0.1) is 11.8 Å². The van der Waals surface area contributed by atoms with Gasteiger partial charge in [0.2, 0.25) is 11.8 Å². The van der Waals surface area contributed by atoms with Crippen molar-refractivity contribution in [1.29, 1.82) is 0 Å². The fourth-order valence-electron chi connectivity index (χ4n) is 3.56. The summed E-state index contributed by atoms with van der Waals surface area (Å²) < 4.78 is 0. The lowest BCUT2D eigenvalue weighted by atomic mass is 9.63. The van der Waals surface area contributed by atoms with Crippen LogP contribution in [0.25, 0.3) is 0 Å². The molecule has 1 aliphatic heterocycles. The van der Waals surface area contributed by atoms with Crippen LogP contribution >= 0.6 is 0 Å². The highest BCUT2D eigenvalue weighted by molar-refractivity contribution is 6.06. The maximum Gasteiger partial charge on any atom is 0.233 e. The fourth-order valence-corrected chi connectivity index (χ4v) is 3.56. The van der Waals surface area contributed by atoms with Crippen molar-refractivity contribution in [3.05, 3.63) is 12.2 Å². The van der Waals surface area contributed by atoms with Gasteiger partial charge in [-0.25, -0.2) is 0 Å². The molecule has 4 rings (SSSR count). The molecule has 4 unspecified atom stereocenters. The van der Waals surface area contributed by atoms with Crippen molar-refractivity contribution in [3.63, 3.8) is 0 Å². The molecule has 1 saturated heterocycles. The Kier molecular flexibility index (Phi) is 2.50. The third kappa shape index (κ3) is 1.50. The minimum absolute atomic E-state index is 0.0492. The third-order valence-electron chi connectivity index (χ3n) is 4.39. The number of rotatable bonds is 3. The Hall–Kier alpha value is -1.65. The molecule has 4 aliphatic rings. The lowest BCUT2D eigenvalue weighted by Crippen LogP contribution is -2.38. The summed E-state index contributed by atoms with van der Waals surface area (Å²) in [5.74, 6) is -1.79. The molecule has 2 bridgehead atoms. The highest BCUT2D eigenvalue weighted by Crippen LogP contribution is 2.49. The average Bonchev–Trinajstić information content (AvgIpc) is 2.63. The van der Waals surface area contributed by atoms with E-state index in [1.807, 2.05) is 12.2 Å². The summed E-state index contributed by atoms with van der Waals surface area (Å²) in [4.78, 5) is 36.0. The van der Waals surface area contributed by atoms with Gasteiger partial charge in [-0.2, -0.15) is 0 Å². The second kappa shape index (κ2) is 3.93. The van der Waals surface area contributed by atoms with Crippen LogP contribution in [0.4, 0.5) is 0 Å². The van der Waals surface area contributed by atoms with Crippen molar-refractivity contribution in [3.8, 4) is 0 Å². The van der Waals surface area contributed by atoms with Gasteiger partial charge in [0, 0.05) is 18.9 Å². The van der Waals surface area contributed by atoms with Crippen molar-refractivity contribution in [2.24, 2.45) is 23.7 Å². The molecule has 0 radical (unpaired) electrons. The molecule has 5 heteroatoms. The first-order valence-electron chi connectivity index (χ1n) is 6.33. The van der Waals surface area contributed by atoms with E-state index in [-0.39, 0.29) is 48.5 Å². The van der Waals surface area contributed by atoms with Gasteiger partial charge in [-0.1, -0.05) is 12.2 Å². The first-order valence-corrected chi connectivity index (χ1v) is 6.33. The standard InChI is InChI=1S/C13H15NO4/c15-9(16)5-6-14-12(17)10-7-1-2-8(4-3-7)11(10)13(14)18/h1-2,7-8,10-11H,3-6H2,(H,15,16)/p-1. The zero-order valence-electron chi connectivity index (χ0n) is 9.87. The van der Waals surface area contributed by atoms with Gasteiger partial charge in [-0.15, -0.1) is 0 Å². The number of hydrogen-bond donors (Lipinski definition) is 0. The number of fused-ring (bicyclic) bond motifs is 1. The first-order chi connectivity index (χ1) is 8.59. The van der Waals surface area contributed by atoms with E-state index >= 15 is 0 Å². The highest BCUT2D eigenvalue weighted by Gasteiger charge is 2.56. The molecule has 2 amide bonds. The zero-order valence-corrected chi connectivity index (χ0v) is 9.87. The number of aliphatic carboxylic acids is 1. The van der Waals surface area contributed by atoms with Crippen LogP contribution in [-0.4, -0.2) is 29.2 Å². The molecule has 2 fully saturated rings. The molecule has 3 aliphatic carbocycles. The summed E-state index contributed by atoms with van der Waals surface area (Å²) >= 11 is 0. The topological polar surface area (TPSA) is 77.5 Å². The number of allylic oxidation sites excluding steroid dienone is 2. The second-order valence-corrected chi connectivity index (χ2v) is 5.29. The van der Waals surface area contributed by atoms with Crippen LogP contribution in [-0.2, 0) is 14.4 Å². The molecule has 0 aromatic heterocycles. The van der Waals surface area contributed by atoms with Gasteiger partial charge in [-0.05, 0) is 24.7 Å². The van der Waals surface area contributed by atoms with Crippen LogP contribution in [0.2, 0.25) is 0 Å². The van der Waals surface area contributed by atoms with Gasteiger partial charge in [-0.3, -0.25) is 14.5 Å². The highest BCUT2D eigenvalue weighted by atomic mass is 16.4. The smallest absolute Gasteiger partial charge is 0.233 e. The Bertz CT molecular complexity index is 424. The SMILES string of the molecule is O=C([O-])CCN1C(=O)C2C3C=CC(CC3)C2C1=O. The predicted molar refractivity (Wildman–Crippen MR) is 58.7 cm³/mol. The number of likely N-dealkylation sites (tertiary alicyclic amines) is 1. The number of carboxylic acids is 1. The molecule has 0 aromatic rings. The largest absolute Gasteiger partial charge is 0.550 e. The summed E-state index contributed by atoms with van der Waals surface area (Å²) in [6.07, 6.45) is 5.72. The molecular weight excluding hydrogens is 234 g/mol. The molecule has 0 aromatic carbocycles. The van der Waals surface area contributed by atoms with Gasteiger partial charge < -0.3 is 9.90 Å². The van der Waals surface area contributed by atoms with E-state index in [1.54, 1.807) is 0 Å². The molecule has 4 atom stereocenters. The molecule has 18 heavy (non-hydrogen) atoms. The maximum absolute atomic E-state index is 12.2. The van der Waals surface area contributed by atoms with Crippen LogP contribution < -0.4 is 5.11 Å². The molecule has 1 heterocycles. The Labute approximate surface area is 104 Å². The van der Waals surface area contributed by atoms with E-state index in [2.05, 4.69) is 0 Å². The molecule has 1 saturated carbocycles. The molecule has 5 nitrogen and oxygen atoms in total. The van der Waals surface area contributed by atoms with Crippen molar-refractivity contribution in [1.82, 2.24) is 4.90 Å². The molecule has 0 spiro atoms. The van der Waals surface area contributed by atoms with Crippen LogP contribution in [0.15, 0.2) is 12.2 Å². The Balaban J connectivity index is 1.83. The van der Waals surface area contributed by atoms with Crippen molar-refractivity contribution in [2.75, 3.05) is 6.54 Å². The quantitative estimate of drug-likeness (QED) is 0.490. The fraction of sp³-hybridized carbons (Fsp3) is 0.615. The molecule has 0 N–H and O–H groups in total.